The van der Waals surface area contributed by atoms with Crippen LogP contribution in [-0.4, -0.2) is 9.76 Å². The van der Waals surface area contributed by atoms with Crippen molar-refractivity contribution in [3.63, 3.8) is 0 Å². The predicted molar refractivity (Wildman–Crippen MR) is 104 cm³/mol. The summed E-state index contributed by atoms with van der Waals surface area (Å²) in [6, 6.07) is 25.7. The number of halogens is 2. The molecule has 0 aliphatic rings. The van der Waals surface area contributed by atoms with Gasteiger partial charge in [-0.1, -0.05) is 89.9 Å². The fraction of sp³-hybridized carbons (Fsp3) is 0. The van der Waals surface area contributed by atoms with E-state index in [1.54, 1.807) is 12.1 Å². The third-order valence-electron chi connectivity index (χ3n) is 3.37. The Hall–Kier alpha value is -2.00. The molecule has 0 heterocycles. The van der Waals surface area contributed by atoms with Crippen molar-refractivity contribution in [3.05, 3.63) is 100 Å². The van der Waals surface area contributed by atoms with Crippen molar-refractivity contribution in [2.75, 3.05) is 0 Å². The molecule has 0 aliphatic heterocycles. The van der Waals surface area contributed by atoms with Gasteiger partial charge in [-0.2, -0.15) is 0 Å². The molecule has 0 saturated carbocycles. The van der Waals surface area contributed by atoms with Crippen LogP contribution in [0.1, 0.15) is 11.1 Å². The predicted octanol–water partition coefficient (Wildman–Crippen LogP) is 6.19. The Morgan fingerprint density at radius 2 is 1.46 bits per heavy atom. The van der Waals surface area contributed by atoms with Gasteiger partial charge >= 0.3 is 9.76 Å². The van der Waals surface area contributed by atoms with Gasteiger partial charge in [0.05, 0.1) is 10.0 Å². The maximum atomic E-state index is 6.05. The lowest BCUT2D eigenvalue weighted by molar-refractivity contribution is 0.606. The zero-order chi connectivity index (χ0) is 16.8. The molecule has 0 saturated heterocycles. The Kier molecular flexibility index (Phi) is 5.75. The van der Waals surface area contributed by atoms with Crippen LogP contribution in [0, 0.1) is 0 Å². The van der Waals surface area contributed by atoms with Gasteiger partial charge in [0.2, 0.25) is 0 Å². The van der Waals surface area contributed by atoms with Gasteiger partial charge in [0, 0.05) is 0 Å². The molecule has 3 rings (SSSR count). The molecule has 0 fully saturated rings. The van der Waals surface area contributed by atoms with Crippen molar-refractivity contribution in [3.8, 4) is 5.75 Å². The Balaban J connectivity index is 1.85. The third-order valence-corrected chi connectivity index (χ3v) is 5.09. The Morgan fingerprint density at radius 1 is 0.792 bits per heavy atom. The van der Waals surface area contributed by atoms with Crippen molar-refractivity contribution < 1.29 is 4.43 Å². The lowest BCUT2D eigenvalue weighted by Gasteiger charge is -2.10. The van der Waals surface area contributed by atoms with E-state index in [0.717, 1.165) is 16.3 Å². The van der Waals surface area contributed by atoms with E-state index < -0.39 is 0 Å². The average molecular weight is 369 g/mol. The molecule has 0 aliphatic carbocycles. The van der Waals surface area contributed by atoms with E-state index in [1.165, 1.54) is 0 Å². The van der Waals surface area contributed by atoms with Crippen LogP contribution in [0.5, 0.6) is 5.75 Å². The van der Waals surface area contributed by atoms with E-state index in [2.05, 4.69) is 30.3 Å². The smallest absolute Gasteiger partial charge is 0.351 e. The lowest BCUT2D eigenvalue weighted by atomic mass is 10.1. The van der Waals surface area contributed by atoms with Crippen molar-refractivity contribution >= 4 is 44.2 Å². The largest absolute Gasteiger partial charge is 0.536 e. The minimum atomic E-state index is 0.156. The first-order chi connectivity index (χ1) is 11.7. The molecule has 2 radical (unpaired) electrons. The molecule has 0 unspecified atom stereocenters. The van der Waals surface area contributed by atoms with Gasteiger partial charge in [-0.05, 0) is 34.5 Å². The van der Waals surface area contributed by atoms with Crippen LogP contribution >= 0.6 is 23.2 Å². The number of rotatable bonds is 5. The molecule has 0 spiro atoms. The summed E-state index contributed by atoms with van der Waals surface area (Å²) in [5.74, 6) is 0.706. The normalized spacial score (nSPS) is 11.3. The summed E-state index contributed by atoms with van der Waals surface area (Å²) in [5, 5.41) is 2.13. The first-order valence-electron chi connectivity index (χ1n) is 7.42. The quantitative estimate of drug-likeness (QED) is 0.385. The van der Waals surface area contributed by atoms with Gasteiger partial charge in [0.15, 0.2) is 0 Å². The van der Waals surface area contributed by atoms with Crippen LogP contribution in [0.3, 0.4) is 0 Å². The van der Waals surface area contributed by atoms with Crippen LogP contribution < -0.4 is 4.43 Å². The highest BCUT2D eigenvalue weighted by Gasteiger charge is 2.08. The van der Waals surface area contributed by atoms with Crippen LogP contribution in [0.2, 0.25) is 10.0 Å². The van der Waals surface area contributed by atoms with Crippen molar-refractivity contribution in [1.29, 1.82) is 0 Å². The van der Waals surface area contributed by atoms with Crippen LogP contribution in [0.15, 0.2) is 78.9 Å². The Morgan fingerprint density at radius 3 is 2.12 bits per heavy atom. The standard InChI is InChI=1S/C20H14Cl2OSi/c21-18-12-11-17(14-19(18)22)23-24-20(16-9-5-2-6-10-16)13-15-7-3-1-4-8-15/h1-14H/b20-13-. The number of benzene rings is 3. The molecule has 0 bridgehead atoms. The molecule has 0 N–H and O–H groups in total. The fourth-order valence-electron chi connectivity index (χ4n) is 2.16. The van der Waals surface area contributed by atoms with Crippen LogP contribution in [0.4, 0.5) is 0 Å². The first kappa shape index (κ1) is 16.8. The highest BCUT2D eigenvalue weighted by molar-refractivity contribution is 6.58. The lowest BCUT2D eigenvalue weighted by Crippen LogP contribution is -2.05. The van der Waals surface area contributed by atoms with Crippen LogP contribution in [0.25, 0.3) is 11.3 Å². The molecule has 0 aromatic heterocycles. The second-order valence-electron chi connectivity index (χ2n) is 5.11. The summed E-state index contributed by atoms with van der Waals surface area (Å²) < 4.78 is 5.95. The van der Waals surface area contributed by atoms with E-state index >= 15 is 0 Å². The molecule has 24 heavy (non-hydrogen) atoms. The molecular formula is C20H14Cl2OSi. The molecule has 1 nitrogen and oxygen atoms in total. The minimum absolute atomic E-state index is 0.156. The average Bonchev–Trinajstić information content (AvgIpc) is 2.63. The maximum Gasteiger partial charge on any atom is 0.351 e. The fourth-order valence-corrected chi connectivity index (χ4v) is 3.31. The van der Waals surface area contributed by atoms with Gasteiger partial charge < -0.3 is 4.43 Å². The number of hydrogen-bond donors (Lipinski definition) is 0. The van der Waals surface area contributed by atoms with Gasteiger partial charge in [-0.25, -0.2) is 0 Å². The summed E-state index contributed by atoms with van der Waals surface area (Å²) in [4.78, 5) is 0. The SMILES string of the molecule is Clc1ccc(O[Si]/C(=C\c2ccccc2)c2ccccc2)cc1Cl. The zero-order valence-electron chi connectivity index (χ0n) is 12.7. The summed E-state index contributed by atoms with van der Waals surface area (Å²) in [6.07, 6.45) is 2.14. The highest BCUT2D eigenvalue weighted by atomic mass is 35.5. The zero-order valence-corrected chi connectivity index (χ0v) is 15.3. The first-order valence-corrected chi connectivity index (χ1v) is 9.09. The van der Waals surface area contributed by atoms with E-state index in [9.17, 15) is 0 Å². The highest BCUT2D eigenvalue weighted by Crippen LogP contribution is 2.27. The van der Waals surface area contributed by atoms with E-state index in [4.69, 9.17) is 27.6 Å². The minimum Gasteiger partial charge on any atom is -0.536 e. The van der Waals surface area contributed by atoms with E-state index in [1.807, 2.05) is 42.5 Å². The number of hydrogen-bond acceptors (Lipinski definition) is 1. The third kappa shape index (κ3) is 4.51. The second kappa shape index (κ2) is 8.20. The van der Waals surface area contributed by atoms with Gasteiger partial charge in [0.25, 0.3) is 0 Å². The van der Waals surface area contributed by atoms with Crippen LogP contribution in [-0.2, 0) is 0 Å². The van der Waals surface area contributed by atoms with Crippen molar-refractivity contribution in [1.82, 2.24) is 0 Å². The molecular weight excluding hydrogens is 355 g/mol. The second-order valence-corrected chi connectivity index (χ2v) is 6.88. The molecule has 0 amide bonds. The monoisotopic (exact) mass is 368 g/mol. The molecule has 3 aromatic carbocycles. The molecule has 0 atom stereocenters. The maximum absolute atomic E-state index is 6.05. The summed E-state index contributed by atoms with van der Waals surface area (Å²) in [7, 11) is 0.156. The summed E-state index contributed by atoms with van der Waals surface area (Å²) in [5.41, 5.74) is 2.28. The van der Waals surface area contributed by atoms with Crippen molar-refractivity contribution in [2.45, 2.75) is 0 Å². The van der Waals surface area contributed by atoms with Crippen molar-refractivity contribution in [2.24, 2.45) is 0 Å². The van der Waals surface area contributed by atoms with Gasteiger partial charge in [0.1, 0.15) is 5.75 Å². The van der Waals surface area contributed by atoms with E-state index in [0.29, 0.717) is 15.8 Å². The molecule has 3 aromatic rings. The Bertz CT molecular complexity index is 833. The molecule has 118 valence electrons. The Labute approximate surface area is 154 Å². The van der Waals surface area contributed by atoms with Gasteiger partial charge in [-0.15, -0.1) is 0 Å². The summed E-state index contributed by atoms with van der Waals surface area (Å²) >= 11 is 12.0. The van der Waals surface area contributed by atoms with E-state index in [-0.39, 0.29) is 9.76 Å². The summed E-state index contributed by atoms with van der Waals surface area (Å²) in [6.45, 7) is 0. The molecule has 4 heteroatoms. The van der Waals surface area contributed by atoms with Gasteiger partial charge in [-0.3, -0.25) is 0 Å². The topological polar surface area (TPSA) is 9.23 Å².